The van der Waals surface area contributed by atoms with Gasteiger partial charge in [0, 0.05) is 29.8 Å². The van der Waals surface area contributed by atoms with E-state index in [9.17, 15) is 9.59 Å². The van der Waals surface area contributed by atoms with Crippen molar-refractivity contribution in [1.29, 1.82) is 0 Å². The van der Waals surface area contributed by atoms with Crippen LogP contribution in [0.15, 0.2) is 53.4 Å². The molecule has 2 amide bonds. The largest absolute Gasteiger partial charge is 0.496 e. The molecular weight excluding hydrogens is 352 g/mol. The highest BCUT2D eigenvalue weighted by atomic mass is 32.2. The maximum Gasteiger partial charge on any atom is 0.313 e. The van der Waals surface area contributed by atoms with Crippen LogP contribution < -0.4 is 15.4 Å². The number of nitrogens with one attached hydrogen (secondary N) is 2. The molecule has 0 heterocycles. The third kappa shape index (κ3) is 5.24. The normalized spacial score (nSPS) is 11.5. The van der Waals surface area contributed by atoms with Crippen LogP contribution in [0.5, 0.6) is 5.75 Å². The minimum Gasteiger partial charge on any atom is -0.496 e. The predicted octanol–water partition coefficient (Wildman–Crippen LogP) is 2.86. The molecule has 0 aromatic heterocycles. The summed E-state index contributed by atoms with van der Waals surface area (Å²) in [4.78, 5) is 25.2. The number of carbonyl (C=O) groups excluding carboxylic acids is 2. The Balaban J connectivity index is 1.96. The number of amides is 2. The van der Waals surface area contributed by atoms with Gasteiger partial charge in [0.2, 0.25) is 0 Å². The van der Waals surface area contributed by atoms with E-state index in [-0.39, 0.29) is 6.54 Å². The molecule has 6 nitrogen and oxygen atoms in total. The van der Waals surface area contributed by atoms with E-state index in [4.69, 9.17) is 9.47 Å². The second-order valence-corrected chi connectivity index (χ2v) is 6.24. The highest BCUT2D eigenvalue weighted by Gasteiger charge is 2.19. The monoisotopic (exact) mass is 374 g/mol. The molecule has 26 heavy (non-hydrogen) atoms. The fraction of sp³-hybridized carbons (Fsp3) is 0.263. The van der Waals surface area contributed by atoms with Crippen LogP contribution in [0.25, 0.3) is 0 Å². The summed E-state index contributed by atoms with van der Waals surface area (Å²) in [6, 6.07) is 14.7. The molecule has 0 aliphatic heterocycles. The fourth-order valence-electron chi connectivity index (χ4n) is 2.41. The van der Waals surface area contributed by atoms with E-state index < -0.39 is 17.9 Å². The van der Waals surface area contributed by atoms with Crippen LogP contribution >= 0.6 is 11.8 Å². The molecule has 0 saturated carbocycles. The number of benzene rings is 2. The van der Waals surface area contributed by atoms with Gasteiger partial charge in [0.1, 0.15) is 11.9 Å². The lowest BCUT2D eigenvalue weighted by Crippen LogP contribution is -2.38. The van der Waals surface area contributed by atoms with Gasteiger partial charge in [0.25, 0.3) is 0 Å². The Morgan fingerprint density at radius 2 is 1.85 bits per heavy atom. The molecule has 0 radical (unpaired) electrons. The molecule has 1 atom stereocenters. The molecule has 0 saturated heterocycles. The summed E-state index contributed by atoms with van der Waals surface area (Å²) >= 11 is 1.56. The number of carbonyl (C=O) groups is 2. The minimum atomic E-state index is -0.725. The first-order valence-electron chi connectivity index (χ1n) is 7.98. The maximum atomic E-state index is 12.1. The minimum absolute atomic E-state index is 0.147. The van der Waals surface area contributed by atoms with Crippen LogP contribution in [0, 0.1) is 0 Å². The zero-order valence-electron chi connectivity index (χ0n) is 14.9. The topological polar surface area (TPSA) is 76.7 Å². The first-order chi connectivity index (χ1) is 12.6. The summed E-state index contributed by atoms with van der Waals surface area (Å²) in [5.74, 6) is -0.790. The summed E-state index contributed by atoms with van der Waals surface area (Å²) in [7, 11) is 3.11. The highest BCUT2D eigenvalue weighted by Crippen LogP contribution is 2.26. The molecule has 2 aromatic rings. The zero-order valence-corrected chi connectivity index (χ0v) is 15.8. The molecule has 0 spiro atoms. The third-order valence-electron chi connectivity index (χ3n) is 3.75. The number of ether oxygens (including phenoxy) is 2. The summed E-state index contributed by atoms with van der Waals surface area (Å²) in [5.41, 5.74) is 1.37. The number of hydrogen-bond donors (Lipinski definition) is 2. The van der Waals surface area contributed by atoms with Crippen molar-refractivity contribution < 1.29 is 19.1 Å². The second kappa shape index (κ2) is 9.84. The van der Waals surface area contributed by atoms with Gasteiger partial charge in [-0.25, -0.2) is 0 Å². The molecule has 2 N–H and O–H groups in total. The van der Waals surface area contributed by atoms with E-state index in [0.29, 0.717) is 11.4 Å². The maximum absolute atomic E-state index is 12.1. The van der Waals surface area contributed by atoms with Gasteiger partial charge in [-0.3, -0.25) is 9.59 Å². The van der Waals surface area contributed by atoms with Gasteiger partial charge in [0.05, 0.1) is 7.11 Å². The van der Waals surface area contributed by atoms with Gasteiger partial charge >= 0.3 is 11.8 Å². The van der Waals surface area contributed by atoms with Crippen LogP contribution in [0.3, 0.4) is 0 Å². The van der Waals surface area contributed by atoms with Crippen molar-refractivity contribution in [3.05, 3.63) is 54.1 Å². The van der Waals surface area contributed by atoms with Gasteiger partial charge in [-0.15, -0.1) is 11.8 Å². The Bertz CT molecular complexity index is 767. The fourth-order valence-corrected chi connectivity index (χ4v) is 2.87. The molecule has 0 aliphatic carbocycles. The van der Waals surface area contributed by atoms with Crippen LogP contribution in [0.4, 0.5) is 5.69 Å². The molecule has 7 heteroatoms. The summed E-state index contributed by atoms with van der Waals surface area (Å²) in [6.07, 6.45) is 1.51. The van der Waals surface area contributed by atoms with Gasteiger partial charge in [-0.2, -0.15) is 0 Å². The van der Waals surface area contributed by atoms with E-state index in [1.54, 1.807) is 24.9 Å². The molecule has 0 fully saturated rings. The van der Waals surface area contributed by atoms with Gasteiger partial charge in [-0.1, -0.05) is 24.3 Å². The van der Waals surface area contributed by atoms with Gasteiger partial charge < -0.3 is 20.1 Å². The van der Waals surface area contributed by atoms with Crippen LogP contribution in [0.1, 0.15) is 11.7 Å². The molecule has 0 bridgehead atoms. The molecule has 138 valence electrons. The molecule has 2 aromatic carbocycles. The Kier molecular flexibility index (Phi) is 7.50. The van der Waals surface area contributed by atoms with Crippen molar-refractivity contribution in [1.82, 2.24) is 5.32 Å². The number of rotatable bonds is 7. The summed E-state index contributed by atoms with van der Waals surface area (Å²) in [6.45, 7) is 0.147. The average molecular weight is 374 g/mol. The lowest BCUT2D eigenvalue weighted by molar-refractivity contribution is -0.136. The van der Waals surface area contributed by atoms with Crippen molar-refractivity contribution >= 4 is 29.3 Å². The Labute approximate surface area is 157 Å². The number of thioether (sulfide) groups is 1. The van der Waals surface area contributed by atoms with Gasteiger partial charge in [-0.05, 0) is 30.5 Å². The quantitative estimate of drug-likeness (QED) is 0.576. The number of para-hydroxylation sites is 1. The SMILES string of the molecule is COc1ccccc1C(CNC(=O)C(=O)Nc1cccc(SC)c1)OC. The van der Waals surface area contributed by atoms with Gasteiger partial charge in [0.15, 0.2) is 0 Å². The van der Waals surface area contributed by atoms with Crippen LogP contribution in [-0.2, 0) is 14.3 Å². The molecule has 2 rings (SSSR count). The van der Waals surface area contributed by atoms with Crippen LogP contribution in [-0.4, -0.2) is 38.8 Å². The number of hydrogen-bond acceptors (Lipinski definition) is 5. The van der Waals surface area contributed by atoms with E-state index in [0.717, 1.165) is 10.5 Å². The Morgan fingerprint density at radius 1 is 1.08 bits per heavy atom. The molecule has 1 unspecified atom stereocenters. The predicted molar refractivity (Wildman–Crippen MR) is 103 cm³/mol. The lowest BCUT2D eigenvalue weighted by atomic mass is 10.1. The average Bonchev–Trinajstić information content (AvgIpc) is 2.68. The van der Waals surface area contributed by atoms with Crippen molar-refractivity contribution in [2.45, 2.75) is 11.0 Å². The lowest BCUT2D eigenvalue weighted by Gasteiger charge is -2.19. The van der Waals surface area contributed by atoms with E-state index in [2.05, 4.69) is 10.6 Å². The van der Waals surface area contributed by atoms with Crippen molar-refractivity contribution in [3.8, 4) is 5.75 Å². The van der Waals surface area contributed by atoms with Crippen molar-refractivity contribution in [2.24, 2.45) is 0 Å². The van der Waals surface area contributed by atoms with Crippen molar-refractivity contribution in [3.63, 3.8) is 0 Å². The number of methoxy groups -OCH3 is 2. The smallest absolute Gasteiger partial charge is 0.313 e. The Hall–Kier alpha value is -2.51. The van der Waals surface area contributed by atoms with Crippen molar-refractivity contribution in [2.75, 3.05) is 32.3 Å². The van der Waals surface area contributed by atoms with E-state index in [1.807, 2.05) is 48.7 Å². The molecular formula is C19H22N2O4S. The molecule has 0 aliphatic rings. The standard InChI is InChI=1S/C19H22N2O4S/c1-24-16-10-5-4-9-15(16)17(25-2)12-20-18(22)19(23)21-13-7-6-8-14(11-13)26-3/h4-11,17H,12H2,1-3H3,(H,20,22)(H,21,23). The number of anilines is 1. The van der Waals surface area contributed by atoms with Crippen LogP contribution in [0.2, 0.25) is 0 Å². The summed E-state index contributed by atoms with van der Waals surface area (Å²) in [5, 5.41) is 5.19. The first kappa shape index (κ1) is 19.8. The van der Waals surface area contributed by atoms with E-state index in [1.165, 1.54) is 7.11 Å². The first-order valence-corrected chi connectivity index (χ1v) is 9.20. The van der Waals surface area contributed by atoms with E-state index >= 15 is 0 Å². The Morgan fingerprint density at radius 3 is 2.54 bits per heavy atom. The summed E-state index contributed by atoms with van der Waals surface area (Å²) < 4.78 is 10.7. The zero-order chi connectivity index (χ0) is 18.9. The highest BCUT2D eigenvalue weighted by molar-refractivity contribution is 7.98. The second-order valence-electron chi connectivity index (χ2n) is 5.36. The third-order valence-corrected chi connectivity index (χ3v) is 4.48.